The highest BCUT2D eigenvalue weighted by Gasteiger charge is 2.32. The monoisotopic (exact) mass is 304 g/mol. The van der Waals surface area contributed by atoms with Crippen molar-refractivity contribution in [1.82, 2.24) is 0 Å². The highest BCUT2D eigenvalue weighted by molar-refractivity contribution is 6.30. The van der Waals surface area contributed by atoms with E-state index in [2.05, 4.69) is 13.8 Å². The predicted molar refractivity (Wildman–Crippen MR) is 82.3 cm³/mol. The van der Waals surface area contributed by atoms with Crippen molar-refractivity contribution in [2.75, 3.05) is 0 Å². The zero-order valence-corrected chi connectivity index (χ0v) is 12.8. The van der Waals surface area contributed by atoms with Crippen LogP contribution in [0.25, 0.3) is 0 Å². The lowest BCUT2D eigenvalue weighted by atomic mass is 10.0. The van der Waals surface area contributed by atoms with Crippen LogP contribution in [0.15, 0.2) is 36.4 Å². The van der Waals surface area contributed by atoms with Crippen LogP contribution in [0.3, 0.4) is 0 Å². The first-order valence-electron chi connectivity index (χ1n) is 6.86. The van der Waals surface area contributed by atoms with E-state index in [0.29, 0.717) is 22.1 Å². The SMILES string of the molecule is CC1(C)Cc2cccc(Oc3ccc(Cl)cc3CO)c2O1. The van der Waals surface area contributed by atoms with Gasteiger partial charge in [-0.05, 0) is 38.1 Å². The zero-order valence-electron chi connectivity index (χ0n) is 12.0. The zero-order chi connectivity index (χ0) is 15.0. The predicted octanol–water partition coefficient (Wildman–Crippen LogP) is 4.34. The van der Waals surface area contributed by atoms with Crippen LogP contribution in [0.5, 0.6) is 17.2 Å². The summed E-state index contributed by atoms with van der Waals surface area (Å²) in [5.74, 6) is 2.03. The lowest BCUT2D eigenvalue weighted by molar-refractivity contribution is 0.135. The maximum absolute atomic E-state index is 9.43. The molecule has 0 saturated carbocycles. The van der Waals surface area contributed by atoms with Crippen molar-refractivity contribution in [2.45, 2.75) is 32.5 Å². The number of para-hydroxylation sites is 1. The van der Waals surface area contributed by atoms with Crippen LogP contribution in [0.4, 0.5) is 0 Å². The number of fused-ring (bicyclic) bond motifs is 1. The number of halogens is 1. The van der Waals surface area contributed by atoms with Crippen molar-refractivity contribution in [2.24, 2.45) is 0 Å². The van der Waals surface area contributed by atoms with Gasteiger partial charge in [-0.25, -0.2) is 0 Å². The summed E-state index contributed by atoms with van der Waals surface area (Å²) in [5.41, 5.74) is 1.57. The molecule has 1 heterocycles. The summed E-state index contributed by atoms with van der Waals surface area (Å²) < 4.78 is 11.9. The van der Waals surface area contributed by atoms with Gasteiger partial charge in [0.1, 0.15) is 11.4 Å². The fraction of sp³-hybridized carbons (Fsp3) is 0.294. The molecule has 2 aromatic carbocycles. The van der Waals surface area contributed by atoms with Crippen molar-refractivity contribution in [3.8, 4) is 17.2 Å². The Labute approximate surface area is 129 Å². The molecule has 3 nitrogen and oxygen atoms in total. The number of rotatable bonds is 3. The third-order valence-electron chi connectivity index (χ3n) is 3.47. The molecule has 0 saturated heterocycles. The molecular weight excluding hydrogens is 288 g/mol. The van der Waals surface area contributed by atoms with Gasteiger partial charge in [0, 0.05) is 22.6 Å². The average Bonchev–Trinajstić information content (AvgIpc) is 2.75. The summed E-state index contributed by atoms with van der Waals surface area (Å²) in [6, 6.07) is 11.1. The van der Waals surface area contributed by atoms with Crippen LogP contribution in [0.2, 0.25) is 5.02 Å². The Bertz CT molecular complexity index is 680. The average molecular weight is 305 g/mol. The minimum absolute atomic E-state index is 0.128. The lowest BCUT2D eigenvalue weighted by Crippen LogP contribution is -2.24. The molecule has 110 valence electrons. The minimum Gasteiger partial charge on any atom is -0.483 e. The molecule has 21 heavy (non-hydrogen) atoms. The Morgan fingerprint density at radius 3 is 2.81 bits per heavy atom. The molecule has 3 rings (SSSR count). The van der Waals surface area contributed by atoms with Crippen LogP contribution >= 0.6 is 11.6 Å². The first kappa shape index (κ1) is 14.2. The van der Waals surface area contributed by atoms with E-state index < -0.39 is 0 Å². The van der Waals surface area contributed by atoms with Crippen LogP contribution in [-0.4, -0.2) is 10.7 Å². The number of hydrogen-bond donors (Lipinski definition) is 1. The fourth-order valence-electron chi connectivity index (χ4n) is 2.56. The van der Waals surface area contributed by atoms with Gasteiger partial charge >= 0.3 is 0 Å². The standard InChI is InChI=1S/C17H17ClO3/c1-17(2)9-11-4-3-5-15(16(11)21-17)20-14-7-6-13(18)8-12(14)10-19/h3-8,19H,9-10H2,1-2H3. The van der Waals surface area contributed by atoms with Gasteiger partial charge in [0.05, 0.1) is 6.61 Å². The number of hydrogen-bond acceptors (Lipinski definition) is 3. The molecule has 4 heteroatoms. The molecule has 0 amide bonds. The molecule has 0 aromatic heterocycles. The van der Waals surface area contributed by atoms with Gasteiger partial charge in [-0.2, -0.15) is 0 Å². The van der Waals surface area contributed by atoms with Gasteiger partial charge in [0.2, 0.25) is 0 Å². The van der Waals surface area contributed by atoms with Gasteiger partial charge in [-0.15, -0.1) is 0 Å². The van der Waals surface area contributed by atoms with Gasteiger partial charge < -0.3 is 14.6 Å². The molecule has 0 unspecified atom stereocenters. The Balaban J connectivity index is 1.96. The van der Waals surface area contributed by atoms with Crippen LogP contribution in [0.1, 0.15) is 25.0 Å². The third-order valence-corrected chi connectivity index (χ3v) is 3.70. The van der Waals surface area contributed by atoms with E-state index in [9.17, 15) is 5.11 Å². The molecule has 1 N–H and O–H groups in total. The largest absolute Gasteiger partial charge is 0.483 e. The topological polar surface area (TPSA) is 38.7 Å². The molecule has 0 bridgehead atoms. The molecule has 0 aliphatic carbocycles. The van der Waals surface area contributed by atoms with E-state index in [4.69, 9.17) is 21.1 Å². The van der Waals surface area contributed by atoms with Gasteiger partial charge in [0.15, 0.2) is 11.5 Å². The quantitative estimate of drug-likeness (QED) is 0.917. The Morgan fingerprint density at radius 2 is 2.05 bits per heavy atom. The Hall–Kier alpha value is -1.71. The van der Waals surface area contributed by atoms with Crippen LogP contribution in [-0.2, 0) is 13.0 Å². The van der Waals surface area contributed by atoms with Gasteiger partial charge in [0.25, 0.3) is 0 Å². The number of ether oxygens (including phenoxy) is 2. The summed E-state index contributed by atoms with van der Waals surface area (Å²) in [6.45, 7) is 3.98. The summed E-state index contributed by atoms with van der Waals surface area (Å²) >= 11 is 5.94. The first-order chi connectivity index (χ1) is 9.98. The van der Waals surface area contributed by atoms with Crippen molar-refractivity contribution in [3.05, 3.63) is 52.5 Å². The van der Waals surface area contributed by atoms with E-state index >= 15 is 0 Å². The molecule has 0 atom stereocenters. The third kappa shape index (κ3) is 2.85. The lowest BCUT2D eigenvalue weighted by Gasteiger charge is -2.18. The minimum atomic E-state index is -0.221. The summed E-state index contributed by atoms with van der Waals surface area (Å²) in [5, 5.41) is 10.00. The maximum atomic E-state index is 9.43. The van der Waals surface area contributed by atoms with Crippen LogP contribution in [0, 0.1) is 0 Å². The van der Waals surface area contributed by atoms with E-state index in [-0.39, 0.29) is 12.2 Å². The second-order valence-electron chi connectivity index (χ2n) is 5.80. The van der Waals surface area contributed by atoms with Crippen molar-refractivity contribution >= 4 is 11.6 Å². The first-order valence-corrected chi connectivity index (χ1v) is 7.24. The smallest absolute Gasteiger partial charge is 0.169 e. The Kier molecular flexibility index (Phi) is 3.56. The number of aliphatic hydroxyl groups is 1. The van der Waals surface area contributed by atoms with E-state index in [0.717, 1.165) is 17.7 Å². The highest BCUT2D eigenvalue weighted by Crippen LogP contribution is 2.43. The molecule has 0 radical (unpaired) electrons. The molecule has 1 aliphatic rings. The van der Waals surface area contributed by atoms with Crippen molar-refractivity contribution in [3.63, 3.8) is 0 Å². The molecular formula is C17H17ClO3. The van der Waals surface area contributed by atoms with Gasteiger partial charge in [-0.3, -0.25) is 0 Å². The summed E-state index contributed by atoms with van der Waals surface area (Å²) in [4.78, 5) is 0. The normalized spacial score (nSPS) is 15.4. The van der Waals surface area contributed by atoms with E-state index in [1.165, 1.54) is 0 Å². The molecule has 1 aliphatic heterocycles. The molecule has 2 aromatic rings. The Morgan fingerprint density at radius 1 is 1.24 bits per heavy atom. The van der Waals surface area contributed by atoms with E-state index in [1.807, 2.05) is 18.2 Å². The number of aliphatic hydroxyl groups excluding tert-OH is 1. The fourth-order valence-corrected chi connectivity index (χ4v) is 2.75. The highest BCUT2D eigenvalue weighted by atomic mass is 35.5. The maximum Gasteiger partial charge on any atom is 0.169 e. The number of benzene rings is 2. The summed E-state index contributed by atoms with van der Waals surface area (Å²) in [7, 11) is 0. The molecule has 0 spiro atoms. The second kappa shape index (κ2) is 5.24. The molecule has 0 fully saturated rings. The van der Waals surface area contributed by atoms with E-state index in [1.54, 1.807) is 18.2 Å². The van der Waals surface area contributed by atoms with Crippen molar-refractivity contribution in [1.29, 1.82) is 0 Å². The second-order valence-corrected chi connectivity index (χ2v) is 6.23. The van der Waals surface area contributed by atoms with Crippen LogP contribution < -0.4 is 9.47 Å². The van der Waals surface area contributed by atoms with Gasteiger partial charge in [-0.1, -0.05) is 23.7 Å². The van der Waals surface area contributed by atoms with Crippen molar-refractivity contribution < 1.29 is 14.6 Å². The summed E-state index contributed by atoms with van der Waals surface area (Å²) in [6.07, 6.45) is 0.854.